The monoisotopic (exact) mass is 499 g/mol. The Morgan fingerprint density at radius 2 is 1.76 bits per heavy atom. The Balaban J connectivity index is 1.54. The summed E-state index contributed by atoms with van der Waals surface area (Å²) < 4.78 is 13.6. The Kier molecular flexibility index (Phi) is 7.15. The molecule has 1 amide bonds. The van der Waals surface area contributed by atoms with Gasteiger partial charge in [-0.05, 0) is 37.3 Å². The molecule has 0 saturated carbocycles. The number of para-hydroxylation sites is 2. The van der Waals surface area contributed by atoms with Crippen LogP contribution in [0.2, 0.25) is 10.0 Å². The van der Waals surface area contributed by atoms with Gasteiger partial charge in [-0.2, -0.15) is 10.2 Å². The standard InChI is InChI=1S/C23H19Cl2N5O4/c1-2-33-23(32)16-13-26-30(15-7-4-3-5-8-15)21(16)27-22(31)19-11-12-29(28-19)14-34-20-17(24)9-6-10-18(20)25/h3-13H,2,14H2,1H3,(H,27,31). The molecular formula is C23H19Cl2N5O4. The van der Waals surface area contributed by atoms with Crippen molar-refractivity contribution in [3.8, 4) is 11.4 Å². The fourth-order valence-electron chi connectivity index (χ4n) is 3.07. The van der Waals surface area contributed by atoms with Crippen LogP contribution < -0.4 is 10.1 Å². The number of ether oxygens (including phenoxy) is 2. The van der Waals surface area contributed by atoms with Gasteiger partial charge in [0.2, 0.25) is 0 Å². The first-order chi connectivity index (χ1) is 16.5. The van der Waals surface area contributed by atoms with E-state index >= 15 is 0 Å². The first kappa shape index (κ1) is 23.3. The van der Waals surface area contributed by atoms with E-state index in [1.165, 1.54) is 21.6 Å². The van der Waals surface area contributed by atoms with Crippen molar-refractivity contribution in [2.75, 3.05) is 11.9 Å². The highest BCUT2D eigenvalue weighted by Crippen LogP contribution is 2.32. The molecule has 0 atom stereocenters. The number of carbonyl (C=O) groups is 2. The quantitative estimate of drug-likeness (QED) is 0.348. The zero-order valence-corrected chi connectivity index (χ0v) is 19.5. The minimum Gasteiger partial charge on any atom is -0.468 e. The minimum atomic E-state index is -0.601. The van der Waals surface area contributed by atoms with Gasteiger partial charge in [0.15, 0.2) is 24.0 Å². The lowest BCUT2D eigenvalue weighted by Gasteiger charge is -2.11. The van der Waals surface area contributed by atoms with Crippen molar-refractivity contribution in [1.29, 1.82) is 0 Å². The molecule has 0 unspecified atom stereocenters. The first-order valence-corrected chi connectivity index (χ1v) is 11.0. The molecule has 174 valence electrons. The molecule has 0 bridgehead atoms. The zero-order chi connectivity index (χ0) is 24.1. The Morgan fingerprint density at radius 1 is 1.03 bits per heavy atom. The van der Waals surface area contributed by atoms with Crippen LogP contribution in [0.15, 0.2) is 67.0 Å². The summed E-state index contributed by atoms with van der Waals surface area (Å²) in [6.45, 7) is 1.86. The van der Waals surface area contributed by atoms with E-state index in [0.29, 0.717) is 21.5 Å². The van der Waals surface area contributed by atoms with Crippen molar-refractivity contribution in [2.24, 2.45) is 0 Å². The Bertz CT molecular complexity index is 1300. The van der Waals surface area contributed by atoms with Gasteiger partial charge >= 0.3 is 5.97 Å². The smallest absolute Gasteiger partial charge is 0.343 e. The summed E-state index contributed by atoms with van der Waals surface area (Å²) in [4.78, 5) is 25.4. The van der Waals surface area contributed by atoms with Crippen LogP contribution in [0.5, 0.6) is 5.75 Å². The summed E-state index contributed by atoms with van der Waals surface area (Å²) >= 11 is 12.2. The van der Waals surface area contributed by atoms with Crippen molar-refractivity contribution in [1.82, 2.24) is 19.6 Å². The molecule has 11 heteroatoms. The van der Waals surface area contributed by atoms with E-state index in [9.17, 15) is 9.59 Å². The van der Waals surface area contributed by atoms with E-state index in [2.05, 4.69) is 15.5 Å². The number of nitrogens with zero attached hydrogens (tertiary/aromatic N) is 4. The highest BCUT2D eigenvalue weighted by Gasteiger charge is 2.23. The molecule has 34 heavy (non-hydrogen) atoms. The van der Waals surface area contributed by atoms with Crippen LogP contribution in [0.4, 0.5) is 5.82 Å². The largest absolute Gasteiger partial charge is 0.468 e. The highest BCUT2D eigenvalue weighted by molar-refractivity contribution is 6.37. The van der Waals surface area contributed by atoms with Crippen LogP contribution in [-0.2, 0) is 11.5 Å². The number of hydrogen-bond acceptors (Lipinski definition) is 6. The third-order valence-corrected chi connectivity index (χ3v) is 5.23. The molecule has 4 rings (SSSR count). The molecule has 4 aromatic rings. The first-order valence-electron chi connectivity index (χ1n) is 10.2. The summed E-state index contributed by atoms with van der Waals surface area (Å²) in [5.74, 6) is -0.658. The maximum Gasteiger partial charge on any atom is 0.343 e. The molecule has 2 heterocycles. The number of hydrogen-bond donors (Lipinski definition) is 1. The number of esters is 1. The summed E-state index contributed by atoms with van der Waals surface area (Å²) in [7, 11) is 0. The molecule has 0 aliphatic carbocycles. The maximum atomic E-state index is 13.0. The predicted octanol–water partition coefficient (Wildman–Crippen LogP) is 4.84. The number of benzene rings is 2. The summed E-state index contributed by atoms with van der Waals surface area (Å²) in [5, 5.41) is 11.9. The van der Waals surface area contributed by atoms with E-state index in [1.807, 2.05) is 18.2 Å². The van der Waals surface area contributed by atoms with Crippen molar-refractivity contribution >= 4 is 40.9 Å². The number of halogens is 2. The Hall–Kier alpha value is -3.82. The SMILES string of the molecule is CCOC(=O)c1cnn(-c2ccccc2)c1NC(=O)c1ccn(COc2c(Cl)cccc2Cl)n1. The summed E-state index contributed by atoms with van der Waals surface area (Å²) in [6.07, 6.45) is 2.92. The molecular weight excluding hydrogens is 481 g/mol. The molecule has 0 fully saturated rings. The van der Waals surface area contributed by atoms with E-state index in [1.54, 1.807) is 43.5 Å². The van der Waals surface area contributed by atoms with E-state index in [0.717, 1.165) is 0 Å². The maximum absolute atomic E-state index is 13.0. The second kappa shape index (κ2) is 10.4. The molecule has 1 N–H and O–H groups in total. The van der Waals surface area contributed by atoms with Gasteiger partial charge in [-0.3, -0.25) is 4.79 Å². The van der Waals surface area contributed by atoms with Crippen LogP contribution in [0.3, 0.4) is 0 Å². The normalized spacial score (nSPS) is 10.7. The molecule has 0 saturated heterocycles. The number of rotatable bonds is 8. The average molecular weight is 500 g/mol. The van der Waals surface area contributed by atoms with Crippen LogP contribution in [-0.4, -0.2) is 38.0 Å². The van der Waals surface area contributed by atoms with Gasteiger partial charge in [0.1, 0.15) is 5.56 Å². The highest BCUT2D eigenvalue weighted by atomic mass is 35.5. The van der Waals surface area contributed by atoms with Gasteiger partial charge in [-0.25, -0.2) is 14.2 Å². The van der Waals surface area contributed by atoms with Gasteiger partial charge in [-0.15, -0.1) is 0 Å². The van der Waals surface area contributed by atoms with E-state index in [-0.39, 0.29) is 30.4 Å². The lowest BCUT2D eigenvalue weighted by Crippen LogP contribution is -2.19. The summed E-state index contributed by atoms with van der Waals surface area (Å²) in [6, 6.07) is 15.6. The number of carbonyl (C=O) groups excluding carboxylic acids is 2. The van der Waals surface area contributed by atoms with Crippen molar-refractivity contribution in [3.05, 3.63) is 88.3 Å². The molecule has 9 nitrogen and oxygen atoms in total. The van der Waals surface area contributed by atoms with E-state index < -0.39 is 11.9 Å². The fraction of sp³-hybridized carbons (Fsp3) is 0.130. The predicted molar refractivity (Wildman–Crippen MR) is 127 cm³/mol. The van der Waals surface area contributed by atoms with Crippen molar-refractivity contribution in [3.63, 3.8) is 0 Å². The number of aromatic nitrogens is 4. The zero-order valence-electron chi connectivity index (χ0n) is 17.9. The molecule has 0 aliphatic rings. The topological polar surface area (TPSA) is 100 Å². The molecule has 0 spiro atoms. The number of anilines is 1. The van der Waals surface area contributed by atoms with Crippen molar-refractivity contribution < 1.29 is 19.1 Å². The molecule has 0 aliphatic heterocycles. The molecule has 0 radical (unpaired) electrons. The van der Waals surface area contributed by atoms with Crippen LogP contribution >= 0.6 is 23.2 Å². The van der Waals surface area contributed by atoms with Crippen molar-refractivity contribution in [2.45, 2.75) is 13.7 Å². The van der Waals surface area contributed by atoms with Gasteiger partial charge in [0.25, 0.3) is 5.91 Å². The third kappa shape index (κ3) is 5.05. The van der Waals surface area contributed by atoms with Gasteiger partial charge in [0, 0.05) is 6.20 Å². The second-order valence-corrected chi connectivity index (χ2v) is 7.71. The lowest BCUT2D eigenvalue weighted by atomic mass is 10.3. The van der Waals surface area contributed by atoms with Crippen LogP contribution in [0.25, 0.3) is 5.69 Å². The Morgan fingerprint density at radius 3 is 2.47 bits per heavy atom. The van der Waals surface area contributed by atoms with Gasteiger partial charge < -0.3 is 14.8 Å². The van der Waals surface area contributed by atoms with Gasteiger partial charge in [-0.1, -0.05) is 47.5 Å². The average Bonchev–Trinajstić information content (AvgIpc) is 3.47. The van der Waals surface area contributed by atoms with E-state index in [4.69, 9.17) is 32.7 Å². The third-order valence-electron chi connectivity index (χ3n) is 4.63. The fourth-order valence-corrected chi connectivity index (χ4v) is 3.58. The Labute approximate surface area is 204 Å². The lowest BCUT2D eigenvalue weighted by molar-refractivity contribution is 0.0527. The van der Waals surface area contributed by atoms with Gasteiger partial charge in [0.05, 0.1) is 28.5 Å². The van der Waals surface area contributed by atoms with Crippen LogP contribution in [0.1, 0.15) is 27.8 Å². The molecule has 2 aromatic carbocycles. The minimum absolute atomic E-state index is 0.0211. The second-order valence-electron chi connectivity index (χ2n) is 6.89. The molecule has 2 aromatic heterocycles. The number of nitrogens with one attached hydrogen (secondary N) is 1. The number of amides is 1. The summed E-state index contributed by atoms with van der Waals surface area (Å²) in [5.41, 5.74) is 0.878. The van der Waals surface area contributed by atoms with Crippen LogP contribution in [0, 0.1) is 0 Å².